The SMILES string of the molecule is CCCCc1ccc(NC(=O)CCSc2nnc3cc(C)c4cc(C)cc(C)c4n23)cc1. The standard InChI is InChI=1S/C26H30N4OS/c1-5-6-7-20-8-10-21(11-9-20)27-24(31)12-13-32-26-29-28-23-16-18(3)22-15-17(2)14-19(4)25(22)30(23)26/h8-11,14-16H,5-7,12-13H2,1-4H3,(H,27,31). The van der Waals surface area contributed by atoms with Crippen molar-refractivity contribution in [2.24, 2.45) is 0 Å². The highest BCUT2D eigenvalue weighted by Crippen LogP contribution is 2.29. The van der Waals surface area contributed by atoms with E-state index in [-0.39, 0.29) is 5.91 Å². The Balaban J connectivity index is 1.43. The van der Waals surface area contributed by atoms with Gasteiger partial charge in [0, 0.05) is 23.2 Å². The van der Waals surface area contributed by atoms with Crippen LogP contribution in [0.25, 0.3) is 16.6 Å². The Labute approximate surface area is 193 Å². The number of pyridine rings is 1. The normalized spacial score (nSPS) is 11.4. The maximum atomic E-state index is 12.4. The number of anilines is 1. The molecule has 5 nitrogen and oxygen atoms in total. The highest BCUT2D eigenvalue weighted by Gasteiger charge is 2.14. The number of nitrogens with one attached hydrogen (secondary N) is 1. The Kier molecular flexibility index (Phi) is 6.80. The van der Waals surface area contributed by atoms with Crippen molar-refractivity contribution in [3.8, 4) is 0 Å². The largest absolute Gasteiger partial charge is 0.326 e. The summed E-state index contributed by atoms with van der Waals surface area (Å²) in [7, 11) is 0. The van der Waals surface area contributed by atoms with E-state index in [2.05, 4.69) is 77.9 Å². The third-order valence-corrected chi connectivity index (χ3v) is 6.64. The summed E-state index contributed by atoms with van der Waals surface area (Å²) in [6.07, 6.45) is 3.88. The maximum Gasteiger partial charge on any atom is 0.225 e. The Morgan fingerprint density at radius 1 is 1.03 bits per heavy atom. The van der Waals surface area contributed by atoms with Gasteiger partial charge in [0.15, 0.2) is 10.8 Å². The lowest BCUT2D eigenvalue weighted by molar-refractivity contribution is -0.115. The van der Waals surface area contributed by atoms with Gasteiger partial charge in [-0.25, -0.2) is 0 Å². The van der Waals surface area contributed by atoms with Gasteiger partial charge in [-0.15, -0.1) is 10.2 Å². The van der Waals surface area contributed by atoms with Gasteiger partial charge in [-0.3, -0.25) is 9.20 Å². The third-order valence-electron chi connectivity index (χ3n) is 5.71. The lowest BCUT2D eigenvalue weighted by Gasteiger charge is -2.11. The second-order valence-electron chi connectivity index (χ2n) is 8.43. The Morgan fingerprint density at radius 3 is 2.56 bits per heavy atom. The molecule has 0 fully saturated rings. The summed E-state index contributed by atoms with van der Waals surface area (Å²) >= 11 is 1.57. The number of hydrogen-bond acceptors (Lipinski definition) is 4. The summed E-state index contributed by atoms with van der Waals surface area (Å²) in [6, 6.07) is 14.7. The lowest BCUT2D eigenvalue weighted by atomic mass is 10.0. The number of nitrogens with zero attached hydrogens (tertiary/aromatic N) is 3. The number of hydrogen-bond donors (Lipinski definition) is 1. The monoisotopic (exact) mass is 446 g/mol. The van der Waals surface area contributed by atoms with E-state index in [1.807, 2.05) is 12.1 Å². The minimum absolute atomic E-state index is 0.0140. The molecule has 2 heterocycles. The fourth-order valence-corrected chi connectivity index (χ4v) is 4.98. The lowest BCUT2D eigenvalue weighted by Crippen LogP contribution is -2.12. The van der Waals surface area contributed by atoms with Crippen LogP contribution in [-0.2, 0) is 11.2 Å². The molecule has 0 saturated carbocycles. The molecule has 0 aliphatic heterocycles. The van der Waals surface area contributed by atoms with E-state index >= 15 is 0 Å². The average molecular weight is 447 g/mol. The van der Waals surface area contributed by atoms with Crippen LogP contribution in [0.2, 0.25) is 0 Å². The maximum absolute atomic E-state index is 12.4. The van der Waals surface area contributed by atoms with Crippen LogP contribution in [0.3, 0.4) is 0 Å². The molecule has 0 aliphatic rings. The molecule has 166 valence electrons. The zero-order valence-corrected chi connectivity index (χ0v) is 20.1. The topological polar surface area (TPSA) is 59.3 Å². The van der Waals surface area contributed by atoms with Crippen molar-refractivity contribution in [1.29, 1.82) is 0 Å². The van der Waals surface area contributed by atoms with Gasteiger partial charge in [0.25, 0.3) is 0 Å². The molecule has 6 heteroatoms. The Hall–Kier alpha value is -2.86. The summed E-state index contributed by atoms with van der Waals surface area (Å²) in [4.78, 5) is 12.4. The van der Waals surface area contributed by atoms with Crippen LogP contribution in [0, 0.1) is 20.8 Å². The second-order valence-corrected chi connectivity index (χ2v) is 9.49. The minimum Gasteiger partial charge on any atom is -0.326 e. The molecule has 2 aromatic heterocycles. The van der Waals surface area contributed by atoms with Crippen LogP contribution < -0.4 is 5.32 Å². The molecule has 1 amide bonds. The number of rotatable bonds is 8. The molecule has 4 aromatic rings. The number of aromatic nitrogens is 3. The number of carbonyl (C=O) groups is 1. The number of carbonyl (C=O) groups excluding carboxylic acids is 1. The molecule has 2 aromatic carbocycles. The number of thioether (sulfide) groups is 1. The first kappa shape index (κ1) is 22.3. The van der Waals surface area contributed by atoms with E-state index in [9.17, 15) is 4.79 Å². The van der Waals surface area contributed by atoms with Gasteiger partial charge in [-0.05, 0) is 74.6 Å². The van der Waals surface area contributed by atoms with E-state index in [1.54, 1.807) is 11.8 Å². The van der Waals surface area contributed by atoms with E-state index in [0.29, 0.717) is 12.2 Å². The van der Waals surface area contributed by atoms with Crippen molar-refractivity contribution in [2.75, 3.05) is 11.1 Å². The van der Waals surface area contributed by atoms with Gasteiger partial charge in [0.2, 0.25) is 5.91 Å². The number of amides is 1. The number of unbranched alkanes of at least 4 members (excludes halogenated alkanes) is 1. The van der Waals surface area contributed by atoms with Crippen LogP contribution in [0.1, 0.15) is 48.4 Å². The van der Waals surface area contributed by atoms with Gasteiger partial charge < -0.3 is 5.32 Å². The van der Waals surface area contributed by atoms with Gasteiger partial charge in [-0.2, -0.15) is 0 Å². The number of benzene rings is 2. The summed E-state index contributed by atoms with van der Waals surface area (Å²) < 4.78 is 2.12. The van der Waals surface area contributed by atoms with Crippen molar-refractivity contribution >= 4 is 39.9 Å². The molecule has 0 saturated heterocycles. The fraction of sp³-hybridized carbons (Fsp3) is 0.346. The third kappa shape index (κ3) is 4.80. The van der Waals surface area contributed by atoms with Gasteiger partial charge >= 0.3 is 0 Å². The van der Waals surface area contributed by atoms with Crippen LogP contribution >= 0.6 is 11.8 Å². The van der Waals surface area contributed by atoms with Crippen molar-refractivity contribution < 1.29 is 4.79 Å². The first-order valence-corrected chi connectivity index (χ1v) is 12.2. The highest BCUT2D eigenvalue weighted by atomic mass is 32.2. The van der Waals surface area contributed by atoms with Gasteiger partial charge in [0.05, 0.1) is 5.52 Å². The molecule has 0 aliphatic carbocycles. The zero-order valence-electron chi connectivity index (χ0n) is 19.2. The first-order chi connectivity index (χ1) is 15.5. The molecule has 0 unspecified atom stereocenters. The molecule has 4 rings (SSSR count). The first-order valence-electron chi connectivity index (χ1n) is 11.2. The second kappa shape index (κ2) is 9.74. The van der Waals surface area contributed by atoms with Crippen LogP contribution in [0.5, 0.6) is 0 Å². The van der Waals surface area contributed by atoms with Crippen LogP contribution in [0.15, 0.2) is 47.6 Å². The molecular formula is C26H30N4OS. The van der Waals surface area contributed by atoms with Crippen molar-refractivity contribution in [3.63, 3.8) is 0 Å². The van der Waals surface area contributed by atoms with E-state index in [0.717, 1.165) is 28.4 Å². The summed E-state index contributed by atoms with van der Waals surface area (Å²) in [5.74, 6) is 0.654. The molecule has 0 radical (unpaired) electrons. The Bertz CT molecular complexity index is 1260. The van der Waals surface area contributed by atoms with Crippen LogP contribution in [-0.4, -0.2) is 26.3 Å². The predicted octanol–water partition coefficient (Wildman–Crippen LogP) is 6.27. The predicted molar refractivity (Wildman–Crippen MR) is 134 cm³/mol. The number of fused-ring (bicyclic) bond motifs is 3. The molecule has 1 N–H and O–H groups in total. The molecule has 0 spiro atoms. The zero-order chi connectivity index (χ0) is 22.7. The van der Waals surface area contributed by atoms with Gasteiger partial charge in [0.1, 0.15) is 0 Å². The quantitative estimate of drug-likeness (QED) is 0.324. The highest BCUT2D eigenvalue weighted by molar-refractivity contribution is 7.99. The summed E-state index contributed by atoms with van der Waals surface area (Å²) in [5.41, 5.74) is 7.80. The molecular weight excluding hydrogens is 416 g/mol. The molecule has 32 heavy (non-hydrogen) atoms. The van der Waals surface area contributed by atoms with Crippen molar-refractivity contribution in [3.05, 3.63) is 64.7 Å². The molecule has 0 atom stereocenters. The fourth-order valence-electron chi connectivity index (χ4n) is 4.10. The smallest absolute Gasteiger partial charge is 0.225 e. The van der Waals surface area contributed by atoms with Crippen molar-refractivity contribution in [2.45, 2.75) is 58.5 Å². The summed E-state index contributed by atoms with van der Waals surface area (Å²) in [6.45, 7) is 8.56. The molecule has 0 bridgehead atoms. The van der Waals surface area contributed by atoms with E-state index in [1.165, 1.54) is 40.5 Å². The van der Waals surface area contributed by atoms with E-state index < -0.39 is 0 Å². The summed E-state index contributed by atoms with van der Waals surface area (Å²) in [5, 5.41) is 13.8. The minimum atomic E-state index is 0.0140. The van der Waals surface area contributed by atoms with Crippen LogP contribution in [0.4, 0.5) is 5.69 Å². The Morgan fingerprint density at radius 2 is 1.81 bits per heavy atom. The number of aryl methyl sites for hydroxylation is 4. The van der Waals surface area contributed by atoms with Crippen molar-refractivity contribution in [1.82, 2.24) is 14.6 Å². The van der Waals surface area contributed by atoms with Gasteiger partial charge in [-0.1, -0.05) is 48.9 Å². The van der Waals surface area contributed by atoms with E-state index in [4.69, 9.17) is 0 Å². The average Bonchev–Trinajstić information content (AvgIpc) is 3.15.